The second kappa shape index (κ2) is 8.74. The van der Waals surface area contributed by atoms with E-state index in [9.17, 15) is 4.79 Å². The van der Waals surface area contributed by atoms with Crippen LogP contribution in [0.25, 0.3) is 0 Å². The van der Waals surface area contributed by atoms with Gasteiger partial charge in [-0.1, -0.05) is 6.92 Å². The minimum Gasteiger partial charge on any atom is -0.378 e. The summed E-state index contributed by atoms with van der Waals surface area (Å²) in [7, 11) is 1.98. The van der Waals surface area contributed by atoms with Gasteiger partial charge >= 0.3 is 0 Å². The highest BCUT2D eigenvalue weighted by atomic mass is 16.5. The smallest absolute Gasteiger partial charge is 0.225 e. The maximum Gasteiger partial charge on any atom is 0.225 e. The average Bonchev–Trinajstić information content (AvgIpc) is 2.53. The van der Waals surface area contributed by atoms with Gasteiger partial charge in [0.25, 0.3) is 0 Å². The summed E-state index contributed by atoms with van der Waals surface area (Å²) in [5, 5.41) is 3.60. The third-order valence-corrected chi connectivity index (χ3v) is 5.00. The van der Waals surface area contributed by atoms with E-state index in [2.05, 4.69) is 12.2 Å². The van der Waals surface area contributed by atoms with Gasteiger partial charge in [0.05, 0.1) is 12.5 Å². The molecule has 1 saturated carbocycles. The Bertz CT molecular complexity index is 308. The lowest BCUT2D eigenvalue weighted by molar-refractivity contribution is -0.136. The lowest BCUT2D eigenvalue weighted by Crippen LogP contribution is -2.44. The van der Waals surface area contributed by atoms with Crippen molar-refractivity contribution in [2.24, 2.45) is 0 Å². The number of carbonyl (C=O) groups is 1. The van der Waals surface area contributed by atoms with E-state index in [4.69, 9.17) is 4.74 Å². The zero-order valence-electron chi connectivity index (χ0n) is 13.8. The highest BCUT2D eigenvalue weighted by Gasteiger charge is 2.28. The van der Waals surface area contributed by atoms with Crippen LogP contribution in [-0.4, -0.2) is 49.2 Å². The number of nitrogens with zero attached hydrogens (tertiary/aromatic N) is 1. The van der Waals surface area contributed by atoms with Gasteiger partial charge in [0.2, 0.25) is 5.91 Å². The molecule has 0 radical (unpaired) electrons. The lowest BCUT2D eigenvalue weighted by Gasteiger charge is -2.36. The van der Waals surface area contributed by atoms with Crippen LogP contribution in [0.1, 0.15) is 64.7 Å². The zero-order valence-corrected chi connectivity index (χ0v) is 13.8. The second-order valence-corrected chi connectivity index (χ2v) is 6.66. The van der Waals surface area contributed by atoms with E-state index in [1.807, 2.05) is 11.9 Å². The Morgan fingerprint density at radius 3 is 2.57 bits per heavy atom. The van der Waals surface area contributed by atoms with Crippen molar-refractivity contribution in [1.29, 1.82) is 0 Å². The molecule has 1 aliphatic heterocycles. The monoisotopic (exact) mass is 296 g/mol. The summed E-state index contributed by atoms with van der Waals surface area (Å²) in [6.45, 7) is 4.15. The fourth-order valence-corrected chi connectivity index (χ4v) is 3.53. The van der Waals surface area contributed by atoms with E-state index in [0.717, 1.165) is 38.8 Å². The highest BCUT2D eigenvalue weighted by Crippen LogP contribution is 2.24. The van der Waals surface area contributed by atoms with E-state index in [0.29, 0.717) is 18.5 Å². The van der Waals surface area contributed by atoms with Crippen LogP contribution in [0.15, 0.2) is 0 Å². The summed E-state index contributed by atoms with van der Waals surface area (Å²) in [6, 6.07) is 1.09. The molecule has 1 saturated heterocycles. The zero-order chi connectivity index (χ0) is 15.1. The van der Waals surface area contributed by atoms with Crippen molar-refractivity contribution in [2.75, 3.05) is 20.2 Å². The molecule has 0 bridgehead atoms. The van der Waals surface area contributed by atoms with Gasteiger partial charge in [-0.05, 0) is 57.9 Å². The summed E-state index contributed by atoms with van der Waals surface area (Å²) in [5.41, 5.74) is 0. The molecule has 0 aromatic carbocycles. The Morgan fingerprint density at radius 1 is 1.19 bits per heavy atom. The Balaban J connectivity index is 1.70. The Hall–Kier alpha value is -0.610. The van der Waals surface area contributed by atoms with Crippen molar-refractivity contribution in [1.82, 2.24) is 10.2 Å². The van der Waals surface area contributed by atoms with Crippen molar-refractivity contribution in [3.8, 4) is 0 Å². The van der Waals surface area contributed by atoms with Gasteiger partial charge in [-0.25, -0.2) is 0 Å². The number of rotatable bonds is 6. The van der Waals surface area contributed by atoms with Gasteiger partial charge in [0.1, 0.15) is 0 Å². The van der Waals surface area contributed by atoms with E-state index >= 15 is 0 Å². The number of ether oxygens (including phenoxy) is 1. The van der Waals surface area contributed by atoms with E-state index in [1.54, 1.807) is 0 Å². The number of nitrogens with one attached hydrogen (secondary N) is 1. The van der Waals surface area contributed by atoms with Gasteiger partial charge in [0, 0.05) is 25.7 Å². The quantitative estimate of drug-likeness (QED) is 0.819. The van der Waals surface area contributed by atoms with Crippen molar-refractivity contribution >= 4 is 5.91 Å². The summed E-state index contributed by atoms with van der Waals surface area (Å²) < 4.78 is 5.69. The van der Waals surface area contributed by atoms with E-state index in [-0.39, 0.29) is 12.0 Å². The highest BCUT2D eigenvalue weighted by molar-refractivity contribution is 5.76. The van der Waals surface area contributed by atoms with Crippen molar-refractivity contribution in [3.63, 3.8) is 0 Å². The molecule has 1 N–H and O–H groups in total. The van der Waals surface area contributed by atoms with Crippen molar-refractivity contribution in [3.05, 3.63) is 0 Å². The SMILES string of the molecule is CCCNC1CCC(N(C)C(=O)CC2CCCCO2)CC1. The minimum absolute atomic E-state index is 0.163. The molecular formula is C17H32N2O2. The predicted molar refractivity (Wildman–Crippen MR) is 85.3 cm³/mol. The second-order valence-electron chi connectivity index (χ2n) is 6.66. The summed E-state index contributed by atoms with van der Waals surface area (Å²) in [5.74, 6) is 0.270. The molecule has 2 aliphatic rings. The molecule has 1 unspecified atom stereocenters. The Labute approximate surface area is 129 Å². The molecule has 2 fully saturated rings. The molecule has 4 heteroatoms. The third-order valence-electron chi connectivity index (χ3n) is 5.00. The van der Waals surface area contributed by atoms with Crippen LogP contribution < -0.4 is 5.32 Å². The normalized spacial score (nSPS) is 30.1. The molecule has 0 aromatic rings. The maximum absolute atomic E-state index is 12.4. The first-order valence-electron chi connectivity index (χ1n) is 8.81. The molecule has 21 heavy (non-hydrogen) atoms. The topological polar surface area (TPSA) is 41.6 Å². The molecule has 1 atom stereocenters. The first kappa shape index (κ1) is 16.8. The molecule has 1 aliphatic carbocycles. The van der Waals surface area contributed by atoms with Gasteiger partial charge < -0.3 is 15.0 Å². The van der Waals surface area contributed by atoms with Gasteiger partial charge in [-0.2, -0.15) is 0 Å². The van der Waals surface area contributed by atoms with Crippen LogP contribution in [0, 0.1) is 0 Å². The summed E-state index contributed by atoms with van der Waals surface area (Å²) in [4.78, 5) is 14.4. The maximum atomic E-state index is 12.4. The molecule has 1 amide bonds. The molecule has 122 valence electrons. The molecule has 2 rings (SSSR count). The van der Waals surface area contributed by atoms with Crippen LogP contribution in [0.2, 0.25) is 0 Å². The van der Waals surface area contributed by atoms with Gasteiger partial charge in [-0.3, -0.25) is 4.79 Å². The molecule has 0 aromatic heterocycles. The number of hydrogen-bond acceptors (Lipinski definition) is 3. The van der Waals surface area contributed by atoms with E-state index < -0.39 is 0 Å². The first-order chi connectivity index (χ1) is 10.2. The van der Waals surface area contributed by atoms with Crippen LogP contribution in [0.4, 0.5) is 0 Å². The van der Waals surface area contributed by atoms with Crippen molar-refractivity contribution < 1.29 is 9.53 Å². The summed E-state index contributed by atoms with van der Waals surface area (Å²) in [6.07, 6.45) is 9.99. The standard InChI is InChI=1S/C17H32N2O2/c1-3-11-18-14-7-9-15(10-8-14)19(2)17(20)13-16-6-4-5-12-21-16/h14-16,18H,3-13H2,1-2H3. The number of hydrogen-bond donors (Lipinski definition) is 1. The number of carbonyl (C=O) groups excluding carboxylic acids is 1. The van der Waals surface area contributed by atoms with Crippen LogP contribution in [0.5, 0.6) is 0 Å². The number of amides is 1. The average molecular weight is 296 g/mol. The Kier molecular flexibility index (Phi) is 6.97. The van der Waals surface area contributed by atoms with Crippen LogP contribution in [-0.2, 0) is 9.53 Å². The summed E-state index contributed by atoms with van der Waals surface area (Å²) >= 11 is 0. The van der Waals surface area contributed by atoms with Crippen LogP contribution in [0.3, 0.4) is 0 Å². The largest absolute Gasteiger partial charge is 0.378 e. The van der Waals surface area contributed by atoms with Crippen molar-refractivity contribution in [2.45, 2.75) is 82.9 Å². The fourth-order valence-electron chi connectivity index (χ4n) is 3.53. The Morgan fingerprint density at radius 2 is 1.95 bits per heavy atom. The first-order valence-corrected chi connectivity index (χ1v) is 8.81. The molecule has 0 spiro atoms. The molecule has 4 nitrogen and oxygen atoms in total. The van der Waals surface area contributed by atoms with Gasteiger partial charge in [0.15, 0.2) is 0 Å². The third kappa shape index (κ3) is 5.26. The molecular weight excluding hydrogens is 264 g/mol. The van der Waals surface area contributed by atoms with E-state index in [1.165, 1.54) is 25.7 Å². The predicted octanol–water partition coefficient (Wildman–Crippen LogP) is 2.71. The van der Waals surface area contributed by atoms with Gasteiger partial charge in [-0.15, -0.1) is 0 Å². The fraction of sp³-hybridized carbons (Fsp3) is 0.941. The van der Waals surface area contributed by atoms with Crippen LogP contribution >= 0.6 is 0 Å². The minimum atomic E-state index is 0.163. The molecule has 1 heterocycles. The lowest BCUT2D eigenvalue weighted by atomic mass is 9.90.